The lowest BCUT2D eigenvalue weighted by atomic mass is 9.85. The van der Waals surface area contributed by atoms with Crippen molar-refractivity contribution in [1.29, 1.82) is 0 Å². The number of rotatable bonds is 9. The highest BCUT2D eigenvalue weighted by atomic mass is 16.5. The molecule has 0 radical (unpaired) electrons. The van der Waals surface area contributed by atoms with Gasteiger partial charge in [-0.05, 0) is 18.9 Å². The molecule has 4 nitrogen and oxygen atoms in total. The molecule has 0 aliphatic heterocycles. The largest absolute Gasteiger partial charge is 0.464 e. The number of ether oxygens (including phenoxy) is 2. The molecule has 0 aliphatic rings. The summed E-state index contributed by atoms with van der Waals surface area (Å²) in [4.78, 5) is 12.5. The fourth-order valence-electron chi connectivity index (χ4n) is 2.35. The van der Waals surface area contributed by atoms with E-state index in [0.29, 0.717) is 26.2 Å². The Balaban J connectivity index is 3.08. The summed E-state index contributed by atoms with van der Waals surface area (Å²) in [5.74, 6) is -0.218. The van der Waals surface area contributed by atoms with Crippen LogP contribution in [0, 0.1) is 0 Å². The van der Waals surface area contributed by atoms with E-state index in [-0.39, 0.29) is 5.97 Å². The first-order chi connectivity index (χ1) is 9.71. The lowest BCUT2D eigenvalue weighted by Crippen LogP contribution is -2.51. The number of carbonyl (C=O) groups excluding carboxylic acids is 1. The van der Waals surface area contributed by atoms with Gasteiger partial charge in [-0.15, -0.1) is 0 Å². The van der Waals surface area contributed by atoms with E-state index in [1.54, 1.807) is 7.11 Å². The monoisotopic (exact) mass is 279 g/mol. The fraction of sp³-hybridized carbons (Fsp3) is 0.562. The number of hydrogen-bond donors (Lipinski definition) is 1. The summed E-state index contributed by atoms with van der Waals surface area (Å²) in [5.41, 5.74) is 0.154. The highest BCUT2D eigenvalue weighted by Crippen LogP contribution is 2.28. The fourth-order valence-corrected chi connectivity index (χ4v) is 2.35. The van der Waals surface area contributed by atoms with Gasteiger partial charge in [0.1, 0.15) is 5.54 Å². The quantitative estimate of drug-likeness (QED) is 0.557. The van der Waals surface area contributed by atoms with Crippen LogP contribution in [0.4, 0.5) is 0 Å². The maximum absolute atomic E-state index is 12.5. The van der Waals surface area contributed by atoms with Crippen LogP contribution < -0.4 is 5.32 Å². The minimum absolute atomic E-state index is 0.218. The molecule has 0 fully saturated rings. The molecule has 1 N–H and O–H groups in total. The van der Waals surface area contributed by atoms with Crippen LogP contribution in [0.3, 0.4) is 0 Å². The Labute approximate surface area is 121 Å². The minimum Gasteiger partial charge on any atom is -0.464 e. The van der Waals surface area contributed by atoms with Crippen LogP contribution in [0.25, 0.3) is 0 Å². The minimum atomic E-state index is -0.787. The molecule has 0 aliphatic carbocycles. The summed E-state index contributed by atoms with van der Waals surface area (Å²) in [6, 6.07) is 9.76. The van der Waals surface area contributed by atoms with Gasteiger partial charge in [0.15, 0.2) is 0 Å². The molecule has 112 valence electrons. The molecule has 0 bridgehead atoms. The van der Waals surface area contributed by atoms with E-state index in [0.717, 1.165) is 12.0 Å². The molecular formula is C16H25NO3. The number of nitrogens with one attached hydrogen (secondary N) is 1. The molecule has 1 aromatic rings. The predicted octanol–water partition coefficient (Wildman–Crippen LogP) is 2.48. The third-order valence-electron chi connectivity index (χ3n) is 3.25. The van der Waals surface area contributed by atoms with Gasteiger partial charge in [-0.3, -0.25) is 5.32 Å². The summed E-state index contributed by atoms with van der Waals surface area (Å²) in [5, 5.41) is 3.34. The van der Waals surface area contributed by atoms with Crippen molar-refractivity contribution >= 4 is 5.97 Å². The van der Waals surface area contributed by atoms with Gasteiger partial charge in [-0.2, -0.15) is 0 Å². The van der Waals surface area contributed by atoms with Gasteiger partial charge in [-0.25, -0.2) is 4.79 Å². The molecular weight excluding hydrogens is 254 g/mol. The molecule has 1 rings (SSSR count). The van der Waals surface area contributed by atoms with Crippen molar-refractivity contribution in [3.63, 3.8) is 0 Å². The zero-order chi connectivity index (χ0) is 14.8. The Hall–Kier alpha value is -1.39. The van der Waals surface area contributed by atoms with Gasteiger partial charge >= 0.3 is 5.97 Å². The van der Waals surface area contributed by atoms with Crippen molar-refractivity contribution in [2.75, 3.05) is 26.9 Å². The summed E-state index contributed by atoms with van der Waals surface area (Å²) in [6.07, 6.45) is 1.58. The molecule has 1 atom stereocenters. The molecule has 0 aromatic heterocycles. The van der Waals surface area contributed by atoms with E-state index in [2.05, 4.69) is 12.2 Å². The Morgan fingerprint density at radius 2 is 1.95 bits per heavy atom. The zero-order valence-electron chi connectivity index (χ0n) is 12.6. The van der Waals surface area contributed by atoms with Gasteiger partial charge in [0.25, 0.3) is 0 Å². The molecule has 0 amide bonds. The highest BCUT2D eigenvalue weighted by molar-refractivity contribution is 5.82. The van der Waals surface area contributed by atoms with Crippen molar-refractivity contribution in [2.45, 2.75) is 32.2 Å². The molecule has 1 unspecified atom stereocenters. The summed E-state index contributed by atoms with van der Waals surface area (Å²) in [6.45, 7) is 5.43. The topological polar surface area (TPSA) is 47.6 Å². The highest BCUT2D eigenvalue weighted by Gasteiger charge is 2.40. The van der Waals surface area contributed by atoms with Gasteiger partial charge in [-0.1, -0.05) is 43.7 Å². The molecule has 0 spiro atoms. The van der Waals surface area contributed by atoms with Crippen molar-refractivity contribution in [3.8, 4) is 0 Å². The van der Waals surface area contributed by atoms with E-state index < -0.39 is 5.54 Å². The molecule has 0 saturated heterocycles. The standard InChI is InChI=1S/C16H25NO3/c1-4-11-16(15(18)20-5-2,17-12-13-19-3)14-9-7-6-8-10-14/h6-10,17H,4-5,11-13H2,1-3H3. The van der Waals surface area contributed by atoms with Crippen molar-refractivity contribution in [1.82, 2.24) is 5.32 Å². The van der Waals surface area contributed by atoms with Gasteiger partial charge in [0.2, 0.25) is 0 Å². The SMILES string of the molecule is CCCC(NCCOC)(C(=O)OCC)c1ccccc1. The predicted molar refractivity (Wildman–Crippen MR) is 79.5 cm³/mol. The van der Waals surface area contributed by atoms with E-state index in [1.807, 2.05) is 37.3 Å². The molecule has 4 heteroatoms. The zero-order valence-corrected chi connectivity index (χ0v) is 12.6. The summed E-state index contributed by atoms with van der Waals surface area (Å²) < 4.78 is 10.4. The summed E-state index contributed by atoms with van der Waals surface area (Å²) in [7, 11) is 1.65. The van der Waals surface area contributed by atoms with Crippen molar-refractivity contribution in [3.05, 3.63) is 35.9 Å². The van der Waals surface area contributed by atoms with Crippen LogP contribution in [0.15, 0.2) is 30.3 Å². The van der Waals surface area contributed by atoms with E-state index in [9.17, 15) is 4.79 Å². The third-order valence-corrected chi connectivity index (χ3v) is 3.25. The lowest BCUT2D eigenvalue weighted by molar-refractivity contribution is -0.152. The van der Waals surface area contributed by atoms with Crippen LogP contribution >= 0.6 is 0 Å². The number of benzene rings is 1. The normalized spacial score (nSPS) is 13.8. The molecule has 20 heavy (non-hydrogen) atoms. The third kappa shape index (κ3) is 4.05. The van der Waals surface area contributed by atoms with Crippen LogP contribution in [0.5, 0.6) is 0 Å². The van der Waals surface area contributed by atoms with Crippen LogP contribution in [-0.2, 0) is 19.8 Å². The molecule has 1 aromatic carbocycles. The molecule has 0 saturated carbocycles. The van der Waals surface area contributed by atoms with Crippen LogP contribution in [0.2, 0.25) is 0 Å². The second-order valence-corrected chi connectivity index (χ2v) is 4.66. The maximum atomic E-state index is 12.5. The lowest BCUT2D eigenvalue weighted by Gasteiger charge is -2.33. The maximum Gasteiger partial charge on any atom is 0.330 e. The molecule has 0 heterocycles. The van der Waals surface area contributed by atoms with E-state index >= 15 is 0 Å². The number of carbonyl (C=O) groups is 1. The van der Waals surface area contributed by atoms with Crippen LogP contribution in [0.1, 0.15) is 32.3 Å². The van der Waals surface area contributed by atoms with Crippen LogP contribution in [-0.4, -0.2) is 32.8 Å². The Morgan fingerprint density at radius 1 is 1.25 bits per heavy atom. The number of methoxy groups -OCH3 is 1. The number of hydrogen-bond acceptors (Lipinski definition) is 4. The second-order valence-electron chi connectivity index (χ2n) is 4.66. The number of esters is 1. The smallest absolute Gasteiger partial charge is 0.330 e. The van der Waals surface area contributed by atoms with Crippen molar-refractivity contribution in [2.24, 2.45) is 0 Å². The van der Waals surface area contributed by atoms with E-state index in [4.69, 9.17) is 9.47 Å². The first kappa shape index (κ1) is 16.7. The second kappa shape index (κ2) is 8.72. The Bertz CT molecular complexity index is 394. The average molecular weight is 279 g/mol. The first-order valence-electron chi connectivity index (χ1n) is 7.18. The Morgan fingerprint density at radius 3 is 2.50 bits per heavy atom. The average Bonchev–Trinajstić information content (AvgIpc) is 2.47. The first-order valence-corrected chi connectivity index (χ1v) is 7.18. The van der Waals surface area contributed by atoms with Crippen molar-refractivity contribution < 1.29 is 14.3 Å². The van der Waals surface area contributed by atoms with Gasteiger partial charge < -0.3 is 9.47 Å². The van der Waals surface area contributed by atoms with Gasteiger partial charge in [0, 0.05) is 13.7 Å². The Kier molecular flexibility index (Phi) is 7.26. The van der Waals surface area contributed by atoms with Gasteiger partial charge in [0.05, 0.1) is 13.2 Å². The van der Waals surface area contributed by atoms with E-state index in [1.165, 1.54) is 0 Å². The summed E-state index contributed by atoms with van der Waals surface area (Å²) >= 11 is 0.